The van der Waals surface area contributed by atoms with Gasteiger partial charge in [0.25, 0.3) is 5.91 Å². The van der Waals surface area contributed by atoms with E-state index < -0.39 is 21.6 Å². The van der Waals surface area contributed by atoms with Gasteiger partial charge in [0, 0.05) is 0 Å². The number of anilines is 1. The van der Waals surface area contributed by atoms with E-state index in [1.807, 2.05) is 30.3 Å². The number of fused-ring (bicyclic) bond motifs is 1. The first-order chi connectivity index (χ1) is 14.5. The Hall–Kier alpha value is -2.95. The summed E-state index contributed by atoms with van der Waals surface area (Å²) in [7, 11) is -3.39. The van der Waals surface area contributed by atoms with Crippen molar-refractivity contribution in [3.63, 3.8) is 0 Å². The van der Waals surface area contributed by atoms with Crippen LogP contribution < -0.4 is 15.8 Å². The molecular formula is C21H28N5O4S+. The van der Waals surface area contributed by atoms with Gasteiger partial charge in [0.15, 0.2) is 5.54 Å². The van der Waals surface area contributed by atoms with Gasteiger partial charge in [-0.15, -0.1) is 0 Å². The van der Waals surface area contributed by atoms with Gasteiger partial charge in [-0.25, -0.2) is 13.4 Å². The first-order valence-electron chi connectivity index (χ1n) is 9.77. The van der Waals surface area contributed by atoms with Crippen molar-refractivity contribution in [1.29, 1.82) is 0 Å². The third-order valence-corrected chi connectivity index (χ3v) is 5.06. The number of sulfonamides is 1. The van der Waals surface area contributed by atoms with Crippen molar-refractivity contribution in [2.45, 2.75) is 32.0 Å². The van der Waals surface area contributed by atoms with Gasteiger partial charge in [-0.05, 0) is 37.6 Å². The summed E-state index contributed by atoms with van der Waals surface area (Å²) in [6, 6.07) is 14.2. The highest BCUT2D eigenvalue weighted by molar-refractivity contribution is 7.92. The molecule has 0 aliphatic carbocycles. The number of quaternary nitrogens is 1. The molecule has 166 valence electrons. The summed E-state index contributed by atoms with van der Waals surface area (Å²) in [5.41, 5.74) is 5.78. The highest BCUT2D eigenvalue weighted by atomic mass is 32.2. The zero-order chi connectivity index (χ0) is 22.6. The maximum Gasteiger partial charge on any atom is 0.281 e. The van der Waals surface area contributed by atoms with E-state index in [0.717, 1.165) is 11.8 Å². The van der Waals surface area contributed by atoms with E-state index in [2.05, 4.69) is 25.7 Å². The van der Waals surface area contributed by atoms with Gasteiger partial charge < -0.3 is 20.8 Å². The zero-order valence-electron chi connectivity index (χ0n) is 17.8. The second kappa shape index (κ2) is 9.04. The lowest BCUT2D eigenvalue weighted by Gasteiger charge is -2.21. The number of imidazole rings is 1. The number of aromatic amines is 1. The number of carbonyl (C=O) groups excluding carboxylic acids is 1. The number of nitrogens with one attached hydrogen (secondary N) is 3. The lowest BCUT2D eigenvalue weighted by Crippen LogP contribution is -2.75. The summed E-state index contributed by atoms with van der Waals surface area (Å²) in [5, 5.41) is 2.94. The van der Waals surface area contributed by atoms with Crippen molar-refractivity contribution < 1.29 is 23.7 Å². The summed E-state index contributed by atoms with van der Waals surface area (Å²) in [6.45, 7) is 4.05. The molecule has 0 bridgehead atoms. The number of aromatic nitrogens is 2. The predicted octanol–water partition coefficient (Wildman–Crippen LogP) is 1.33. The Morgan fingerprint density at radius 1 is 1.23 bits per heavy atom. The molecule has 0 saturated heterocycles. The van der Waals surface area contributed by atoms with Crippen molar-refractivity contribution >= 4 is 32.7 Å². The van der Waals surface area contributed by atoms with E-state index in [-0.39, 0.29) is 12.5 Å². The van der Waals surface area contributed by atoms with Crippen LogP contribution in [0.2, 0.25) is 0 Å². The van der Waals surface area contributed by atoms with Gasteiger partial charge >= 0.3 is 0 Å². The molecule has 0 spiro atoms. The molecule has 2 aromatic carbocycles. The van der Waals surface area contributed by atoms with Crippen LogP contribution in [0.1, 0.15) is 31.3 Å². The Kier molecular flexibility index (Phi) is 6.63. The Labute approximate surface area is 181 Å². The summed E-state index contributed by atoms with van der Waals surface area (Å²) in [4.78, 5) is 20.3. The fraction of sp³-hybridized carbons (Fsp3) is 0.333. The van der Waals surface area contributed by atoms with Crippen LogP contribution in [-0.2, 0) is 26.2 Å². The molecule has 0 aliphatic rings. The van der Waals surface area contributed by atoms with Crippen LogP contribution in [-0.4, -0.2) is 42.7 Å². The highest BCUT2D eigenvalue weighted by Gasteiger charge is 2.30. The second-order valence-electron chi connectivity index (χ2n) is 8.14. The van der Waals surface area contributed by atoms with Crippen molar-refractivity contribution in [3.05, 3.63) is 59.9 Å². The molecule has 1 amide bonds. The molecule has 1 atom stereocenters. The van der Waals surface area contributed by atoms with Gasteiger partial charge in [0.2, 0.25) is 10.0 Å². The highest BCUT2D eigenvalue weighted by Crippen LogP contribution is 2.21. The quantitative estimate of drug-likeness (QED) is 0.392. The standard InChI is InChI=1S/C21H27N5O4S/c1-21(2,22)20(27)25-18(13-30-12-14-7-5-4-6-8-14)19-23-16-10-9-15(11-17(16)24-19)26-31(3,28)29/h4-11,18,26H,12-13,22H2,1-3H3,(H,23,24)(H,25,27)/p+1. The molecule has 0 saturated carbocycles. The summed E-state index contributed by atoms with van der Waals surface area (Å²) < 4.78 is 31.3. The third kappa shape index (κ3) is 6.51. The summed E-state index contributed by atoms with van der Waals surface area (Å²) >= 11 is 0. The number of carbonyl (C=O) groups is 1. The first kappa shape index (κ1) is 22.7. The normalized spacial score (nSPS) is 13.2. The minimum atomic E-state index is -3.39. The second-order valence-corrected chi connectivity index (χ2v) is 9.89. The topological polar surface area (TPSA) is 141 Å². The number of benzene rings is 2. The molecular weight excluding hydrogens is 418 g/mol. The smallest absolute Gasteiger partial charge is 0.281 e. The summed E-state index contributed by atoms with van der Waals surface area (Å²) in [5.74, 6) is 0.276. The molecule has 0 fully saturated rings. The number of ether oxygens (including phenoxy) is 1. The molecule has 1 aromatic heterocycles. The number of hydrogen-bond donors (Lipinski definition) is 4. The van der Waals surface area contributed by atoms with Crippen molar-refractivity contribution in [2.24, 2.45) is 0 Å². The lowest BCUT2D eigenvalue weighted by atomic mass is 10.1. The molecule has 10 heteroatoms. The molecule has 9 nitrogen and oxygen atoms in total. The first-order valence-corrected chi connectivity index (χ1v) is 11.7. The van der Waals surface area contributed by atoms with Crippen LogP contribution in [0.4, 0.5) is 5.69 Å². The van der Waals surface area contributed by atoms with E-state index in [1.54, 1.807) is 32.0 Å². The average molecular weight is 447 g/mol. The zero-order valence-corrected chi connectivity index (χ0v) is 18.6. The van der Waals surface area contributed by atoms with Crippen LogP contribution >= 0.6 is 0 Å². The van der Waals surface area contributed by atoms with E-state index >= 15 is 0 Å². The fourth-order valence-corrected chi connectivity index (χ4v) is 3.44. The average Bonchev–Trinajstić information content (AvgIpc) is 3.09. The number of hydrogen-bond acceptors (Lipinski definition) is 5. The molecule has 3 rings (SSSR count). The van der Waals surface area contributed by atoms with Crippen LogP contribution in [0.3, 0.4) is 0 Å². The van der Waals surface area contributed by atoms with E-state index in [0.29, 0.717) is 29.2 Å². The van der Waals surface area contributed by atoms with Crippen molar-refractivity contribution in [3.8, 4) is 0 Å². The van der Waals surface area contributed by atoms with Crippen LogP contribution in [0, 0.1) is 0 Å². The van der Waals surface area contributed by atoms with Gasteiger partial charge in [-0.2, -0.15) is 0 Å². The molecule has 31 heavy (non-hydrogen) atoms. The van der Waals surface area contributed by atoms with Crippen molar-refractivity contribution in [1.82, 2.24) is 15.3 Å². The van der Waals surface area contributed by atoms with Gasteiger partial charge in [-0.3, -0.25) is 9.52 Å². The van der Waals surface area contributed by atoms with Gasteiger partial charge in [0.1, 0.15) is 11.9 Å². The lowest BCUT2D eigenvalue weighted by molar-refractivity contribution is -0.446. The number of H-pyrrole nitrogens is 1. The molecule has 3 aromatic rings. The maximum atomic E-state index is 12.6. The molecule has 1 heterocycles. The Bertz CT molecular complexity index is 1150. The van der Waals surface area contributed by atoms with Gasteiger partial charge in [-0.1, -0.05) is 30.3 Å². The Morgan fingerprint density at radius 2 is 1.94 bits per heavy atom. The van der Waals surface area contributed by atoms with Gasteiger partial charge in [0.05, 0.1) is 36.2 Å². The fourth-order valence-electron chi connectivity index (χ4n) is 2.88. The minimum Gasteiger partial charge on any atom is -0.374 e. The van der Waals surface area contributed by atoms with Crippen molar-refractivity contribution in [2.75, 3.05) is 17.6 Å². The number of rotatable bonds is 9. The third-order valence-electron chi connectivity index (χ3n) is 4.45. The molecule has 1 unspecified atom stereocenters. The summed E-state index contributed by atoms with van der Waals surface area (Å²) in [6.07, 6.45) is 1.09. The molecule has 6 N–H and O–H groups in total. The van der Waals surface area contributed by atoms with Crippen LogP contribution in [0.5, 0.6) is 0 Å². The largest absolute Gasteiger partial charge is 0.374 e. The molecule has 0 aliphatic heterocycles. The molecule has 0 radical (unpaired) electrons. The van der Waals surface area contributed by atoms with E-state index in [1.165, 1.54) is 0 Å². The van der Waals surface area contributed by atoms with E-state index in [4.69, 9.17) is 4.74 Å². The SMILES string of the molecule is CC(C)([NH3+])C(=O)NC(COCc1ccccc1)c1nc2ccc(NS(C)(=O)=O)cc2[nH]1. The maximum absolute atomic E-state index is 12.6. The number of amides is 1. The Morgan fingerprint density at radius 3 is 2.58 bits per heavy atom. The van der Waals surface area contributed by atoms with E-state index in [9.17, 15) is 13.2 Å². The monoisotopic (exact) mass is 446 g/mol. The van der Waals surface area contributed by atoms with Crippen LogP contribution in [0.15, 0.2) is 48.5 Å². The number of nitrogens with zero attached hydrogens (tertiary/aromatic N) is 1. The predicted molar refractivity (Wildman–Crippen MR) is 119 cm³/mol. The van der Waals surface area contributed by atoms with Crippen LogP contribution in [0.25, 0.3) is 11.0 Å². The Balaban J connectivity index is 1.82. The minimum absolute atomic E-state index is 0.199.